The predicted octanol–water partition coefficient (Wildman–Crippen LogP) is 2.16. The lowest BCUT2D eigenvalue weighted by molar-refractivity contribution is -0.136. The monoisotopic (exact) mass is 360 g/mol. The average molecular weight is 360 g/mol. The standard InChI is InChI=1S/C18H20N2O4S/c1-13-5-7-14(8-6-13)9-10-15(18(22)23)25(24)12-17(21)20-16-4-2-3-11-19-16/h2-8,11,15H,9-10,12H2,1H3,(H,22,23)(H,19,20,21). The van der Waals surface area contributed by atoms with Gasteiger partial charge in [0.2, 0.25) is 5.91 Å². The van der Waals surface area contributed by atoms with Crippen molar-refractivity contribution in [1.29, 1.82) is 0 Å². The number of aromatic nitrogens is 1. The first-order chi connectivity index (χ1) is 12.0. The molecule has 7 heteroatoms. The number of amides is 1. The zero-order valence-corrected chi connectivity index (χ0v) is 14.7. The Morgan fingerprint density at radius 3 is 2.52 bits per heavy atom. The van der Waals surface area contributed by atoms with Crippen molar-refractivity contribution in [2.24, 2.45) is 0 Å². The largest absolute Gasteiger partial charge is 0.480 e. The highest BCUT2D eigenvalue weighted by atomic mass is 32.2. The molecule has 1 heterocycles. The molecule has 132 valence electrons. The molecule has 0 saturated heterocycles. The molecule has 1 amide bonds. The number of carbonyl (C=O) groups is 2. The van der Waals surface area contributed by atoms with Gasteiger partial charge in [0, 0.05) is 17.0 Å². The Balaban J connectivity index is 1.92. The third kappa shape index (κ3) is 6.11. The Bertz CT molecular complexity index is 747. The topological polar surface area (TPSA) is 96.4 Å². The quantitative estimate of drug-likeness (QED) is 0.752. The fraction of sp³-hybridized carbons (Fsp3) is 0.278. The summed E-state index contributed by atoms with van der Waals surface area (Å²) in [5, 5.41) is 10.8. The number of nitrogens with one attached hydrogen (secondary N) is 1. The number of carbonyl (C=O) groups excluding carboxylic acids is 1. The van der Waals surface area contributed by atoms with E-state index >= 15 is 0 Å². The minimum Gasteiger partial charge on any atom is -0.480 e. The maximum Gasteiger partial charge on any atom is 0.319 e. The van der Waals surface area contributed by atoms with Gasteiger partial charge in [-0.2, -0.15) is 0 Å². The van der Waals surface area contributed by atoms with Gasteiger partial charge in [-0.1, -0.05) is 35.9 Å². The lowest BCUT2D eigenvalue weighted by Gasteiger charge is -2.12. The van der Waals surface area contributed by atoms with Crippen molar-refractivity contribution in [2.45, 2.75) is 25.0 Å². The first-order valence-electron chi connectivity index (χ1n) is 7.82. The Morgan fingerprint density at radius 1 is 1.20 bits per heavy atom. The Labute approximate surface area is 148 Å². The van der Waals surface area contributed by atoms with E-state index in [1.54, 1.807) is 18.2 Å². The van der Waals surface area contributed by atoms with Crippen LogP contribution in [0.2, 0.25) is 0 Å². The van der Waals surface area contributed by atoms with E-state index in [0.29, 0.717) is 12.2 Å². The van der Waals surface area contributed by atoms with E-state index in [0.717, 1.165) is 11.1 Å². The van der Waals surface area contributed by atoms with Crippen molar-refractivity contribution in [3.05, 3.63) is 59.8 Å². The van der Waals surface area contributed by atoms with E-state index in [9.17, 15) is 18.9 Å². The maximum atomic E-state index is 12.3. The highest BCUT2D eigenvalue weighted by Gasteiger charge is 2.26. The highest BCUT2D eigenvalue weighted by Crippen LogP contribution is 2.12. The van der Waals surface area contributed by atoms with Gasteiger partial charge >= 0.3 is 5.97 Å². The number of benzene rings is 1. The van der Waals surface area contributed by atoms with Crippen LogP contribution in [-0.2, 0) is 26.8 Å². The zero-order valence-electron chi connectivity index (χ0n) is 13.8. The minimum atomic E-state index is -1.81. The lowest BCUT2D eigenvalue weighted by Crippen LogP contribution is -2.32. The summed E-state index contributed by atoms with van der Waals surface area (Å²) >= 11 is 0. The normalized spacial score (nSPS) is 13.0. The fourth-order valence-corrected chi connectivity index (χ4v) is 3.40. The molecule has 0 saturated carbocycles. The van der Waals surface area contributed by atoms with Crippen molar-refractivity contribution in [1.82, 2.24) is 4.98 Å². The molecule has 0 spiro atoms. The van der Waals surface area contributed by atoms with Crippen LogP contribution < -0.4 is 5.32 Å². The van der Waals surface area contributed by atoms with Crippen LogP contribution in [0.3, 0.4) is 0 Å². The molecule has 2 atom stereocenters. The fourth-order valence-electron chi connectivity index (χ4n) is 2.27. The Hall–Kier alpha value is -2.54. The van der Waals surface area contributed by atoms with Gasteiger partial charge in [-0.3, -0.25) is 13.8 Å². The molecule has 0 radical (unpaired) electrons. The molecule has 1 aromatic carbocycles. The lowest BCUT2D eigenvalue weighted by atomic mass is 10.1. The average Bonchev–Trinajstić information content (AvgIpc) is 2.57. The van der Waals surface area contributed by atoms with Crippen molar-refractivity contribution in [3.63, 3.8) is 0 Å². The molecule has 6 nitrogen and oxygen atoms in total. The van der Waals surface area contributed by atoms with Crippen molar-refractivity contribution in [2.75, 3.05) is 11.1 Å². The molecule has 0 aliphatic rings. The molecule has 1 aromatic heterocycles. The summed E-state index contributed by atoms with van der Waals surface area (Å²) in [6.07, 6.45) is 2.22. The number of rotatable bonds is 8. The summed E-state index contributed by atoms with van der Waals surface area (Å²) in [6, 6.07) is 12.8. The van der Waals surface area contributed by atoms with Gasteiger partial charge in [0.25, 0.3) is 0 Å². The SMILES string of the molecule is Cc1ccc(CCC(C(=O)O)S(=O)CC(=O)Nc2ccccn2)cc1. The van der Waals surface area contributed by atoms with Crippen molar-refractivity contribution >= 4 is 28.5 Å². The van der Waals surface area contributed by atoms with E-state index in [1.807, 2.05) is 31.2 Å². The second-order valence-electron chi connectivity index (χ2n) is 5.64. The first kappa shape index (κ1) is 18.8. The van der Waals surface area contributed by atoms with Crippen LogP contribution in [0, 0.1) is 6.92 Å². The molecule has 0 fully saturated rings. The van der Waals surface area contributed by atoms with Crippen LogP contribution in [0.4, 0.5) is 5.82 Å². The molecule has 25 heavy (non-hydrogen) atoms. The van der Waals surface area contributed by atoms with Gasteiger partial charge in [0.05, 0.1) is 0 Å². The van der Waals surface area contributed by atoms with Gasteiger partial charge in [-0.15, -0.1) is 0 Å². The summed E-state index contributed by atoms with van der Waals surface area (Å²) in [7, 11) is -1.81. The number of carboxylic acids is 1. The first-order valence-corrected chi connectivity index (χ1v) is 9.20. The molecular formula is C18H20N2O4S. The summed E-state index contributed by atoms with van der Waals surface area (Å²) in [6.45, 7) is 1.97. The number of nitrogens with zero attached hydrogens (tertiary/aromatic N) is 1. The van der Waals surface area contributed by atoms with Crippen LogP contribution >= 0.6 is 0 Å². The number of aryl methyl sites for hydroxylation is 2. The van der Waals surface area contributed by atoms with Crippen LogP contribution in [0.1, 0.15) is 17.5 Å². The predicted molar refractivity (Wildman–Crippen MR) is 96.8 cm³/mol. The number of carboxylic acid groups (broad SMARTS) is 1. The molecule has 0 aliphatic heterocycles. The van der Waals surface area contributed by atoms with Crippen LogP contribution in [-0.4, -0.2) is 37.2 Å². The third-order valence-corrected chi connectivity index (χ3v) is 5.23. The number of anilines is 1. The highest BCUT2D eigenvalue weighted by molar-refractivity contribution is 7.87. The molecular weight excluding hydrogens is 340 g/mol. The van der Waals surface area contributed by atoms with Gasteiger partial charge < -0.3 is 10.4 Å². The smallest absolute Gasteiger partial charge is 0.319 e. The number of hydrogen-bond donors (Lipinski definition) is 2. The molecule has 2 N–H and O–H groups in total. The van der Waals surface area contributed by atoms with E-state index in [2.05, 4.69) is 10.3 Å². The van der Waals surface area contributed by atoms with E-state index in [-0.39, 0.29) is 12.2 Å². The number of aliphatic carboxylic acids is 1. The van der Waals surface area contributed by atoms with E-state index in [1.165, 1.54) is 6.20 Å². The summed E-state index contributed by atoms with van der Waals surface area (Å²) in [5.41, 5.74) is 2.10. The van der Waals surface area contributed by atoms with E-state index in [4.69, 9.17) is 0 Å². The molecule has 2 unspecified atom stereocenters. The number of pyridine rings is 1. The summed E-state index contributed by atoms with van der Waals surface area (Å²) < 4.78 is 12.3. The second kappa shape index (κ2) is 9.08. The molecule has 0 bridgehead atoms. The molecule has 2 rings (SSSR count). The molecule has 2 aromatic rings. The third-order valence-electron chi connectivity index (χ3n) is 3.61. The zero-order chi connectivity index (χ0) is 18.2. The van der Waals surface area contributed by atoms with Crippen LogP contribution in [0.5, 0.6) is 0 Å². The molecule has 0 aliphatic carbocycles. The Morgan fingerprint density at radius 2 is 1.92 bits per heavy atom. The summed E-state index contributed by atoms with van der Waals surface area (Å²) in [4.78, 5) is 27.3. The van der Waals surface area contributed by atoms with Gasteiger partial charge in [0.15, 0.2) is 0 Å². The summed E-state index contributed by atoms with van der Waals surface area (Å²) in [5.74, 6) is -1.70. The van der Waals surface area contributed by atoms with Gasteiger partial charge in [0.1, 0.15) is 16.8 Å². The number of hydrogen-bond acceptors (Lipinski definition) is 4. The van der Waals surface area contributed by atoms with Crippen LogP contribution in [0.15, 0.2) is 48.7 Å². The second-order valence-corrected chi connectivity index (χ2v) is 7.26. The van der Waals surface area contributed by atoms with Crippen molar-refractivity contribution in [3.8, 4) is 0 Å². The van der Waals surface area contributed by atoms with Crippen molar-refractivity contribution < 1.29 is 18.9 Å². The van der Waals surface area contributed by atoms with Gasteiger partial charge in [-0.25, -0.2) is 4.98 Å². The van der Waals surface area contributed by atoms with E-state index < -0.39 is 27.9 Å². The van der Waals surface area contributed by atoms with Gasteiger partial charge in [-0.05, 0) is 37.5 Å². The minimum absolute atomic E-state index is 0.210. The van der Waals surface area contributed by atoms with Crippen LogP contribution in [0.25, 0.3) is 0 Å². The Kier molecular flexibility index (Phi) is 6.82. The maximum absolute atomic E-state index is 12.3.